The summed E-state index contributed by atoms with van der Waals surface area (Å²) in [7, 11) is 10.2. The third-order valence-corrected chi connectivity index (χ3v) is 3.80. The summed E-state index contributed by atoms with van der Waals surface area (Å²) in [4.78, 5) is 3.34. The fourth-order valence-corrected chi connectivity index (χ4v) is 2.61. The molecule has 0 aliphatic rings. The molecule has 124 valence electrons. The van der Waals surface area contributed by atoms with Crippen molar-refractivity contribution in [3.05, 3.63) is 83.9 Å². The quantitative estimate of drug-likeness (QED) is 0.222. The number of hydrogen-bond acceptors (Lipinski definition) is 0. The van der Waals surface area contributed by atoms with Crippen molar-refractivity contribution in [3.63, 3.8) is 0 Å². The molecular weight excluding hydrogens is 371 g/mol. The SMILES string of the molecule is Cc1c[cH-]c2ccccc12.Cc1c[cH-]c2ccccc12.[CH2]=[Ti]([Cl])[Cl]. The van der Waals surface area contributed by atoms with E-state index in [9.17, 15) is 0 Å². The van der Waals surface area contributed by atoms with E-state index in [-0.39, 0.29) is 0 Å². The van der Waals surface area contributed by atoms with Gasteiger partial charge in [-0.3, -0.25) is 0 Å². The van der Waals surface area contributed by atoms with E-state index in [0.717, 1.165) is 0 Å². The maximum atomic E-state index is 5.10. The number of rotatable bonds is 0. The Hall–Kier alpha value is -1.18. The molecule has 0 atom stereocenters. The summed E-state index contributed by atoms with van der Waals surface area (Å²) in [5.41, 5.74) is 2.74. The van der Waals surface area contributed by atoms with Crippen LogP contribution in [-0.2, 0) is 15.3 Å². The summed E-state index contributed by atoms with van der Waals surface area (Å²) in [6.45, 7) is 4.28. The zero-order chi connectivity index (χ0) is 17.5. The Morgan fingerprint density at radius 3 is 1.42 bits per heavy atom. The maximum absolute atomic E-state index is 5.10. The van der Waals surface area contributed by atoms with Crippen LogP contribution in [-0.4, -0.2) is 4.82 Å². The Balaban J connectivity index is 0.000000143. The van der Waals surface area contributed by atoms with E-state index >= 15 is 0 Å². The van der Waals surface area contributed by atoms with Crippen molar-refractivity contribution in [2.24, 2.45) is 0 Å². The zero-order valence-corrected chi connectivity index (χ0v) is 17.0. The molecule has 4 aromatic rings. The van der Waals surface area contributed by atoms with Gasteiger partial charge in [-0.25, -0.2) is 0 Å². The molecule has 0 bridgehead atoms. The topological polar surface area (TPSA) is 0 Å². The van der Waals surface area contributed by atoms with Gasteiger partial charge in [0.1, 0.15) is 0 Å². The van der Waals surface area contributed by atoms with Gasteiger partial charge in [0.2, 0.25) is 0 Å². The molecular formula is C21H20Cl2Ti-2. The molecule has 24 heavy (non-hydrogen) atoms. The fraction of sp³-hybridized carbons (Fsp3) is 0.0952. The van der Waals surface area contributed by atoms with Crippen molar-refractivity contribution >= 4 is 45.0 Å². The van der Waals surface area contributed by atoms with Gasteiger partial charge in [0.25, 0.3) is 0 Å². The number of hydrogen-bond donors (Lipinski definition) is 0. The Bertz CT molecular complexity index is 855. The summed E-state index contributed by atoms with van der Waals surface area (Å²) < 4.78 is 0. The second-order valence-corrected chi connectivity index (χ2v) is 11.2. The summed E-state index contributed by atoms with van der Waals surface area (Å²) in [5.74, 6) is 0. The fourth-order valence-electron chi connectivity index (χ4n) is 2.61. The third-order valence-electron chi connectivity index (χ3n) is 3.80. The molecule has 0 spiro atoms. The molecule has 3 heteroatoms. The van der Waals surface area contributed by atoms with Gasteiger partial charge in [-0.1, -0.05) is 26.0 Å². The second-order valence-electron chi connectivity index (χ2n) is 5.55. The van der Waals surface area contributed by atoms with Crippen LogP contribution in [0.2, 0.25) is 0 Å². The third kappa shape index (κ3) is 5.43. The Morgan fingerprint density at radius 1 is 0.750 bits per heavy atom. The molecule has 4 rings (SSSR count). The van der Waals surface area contributed by atoms with Crippen molar-refractivity contribution in [3.8, 4) is 0 Å². The first-order valence-corrected chi connectivity index (χ1v) is 13.1. The number of aryl methyl sites for hydroxylation is 2. The first kappa shape index (κ1) is 19.2. The molecule has 0 nitrogen and oxygen atoms in total. The summed E-state index contributed by atoms with van der Waals surface area (Å²) in [6, 6.07) is 25.5. The van der Waals surface area contributed by atoms with E-state index in [0.29, 0.717) is 0 Å². The van der Waals surface area contributed by atoms with Gasteiger partial charge in [0.05, 0.1) is 0 Å². The summed E-state index contributed by atoms with van der Waals surface area (Å²) in [5, 5.41) is 5.45. The summed E-state index contributed by atoms with van der Waals surface area (Å²) in [6.07, 6.45) is 0. The number of benzene rings is 2. The molecule has 0 heterocycles. The molecule has 0 aliphatic heterocycles. The number of halogens is 2. The molecule has 0 amide bonds. The van der Waals surface area contributed by atoms with E-state index in [2.05, 4.69) is 91.5 Å². The van der Waals surface area contributed by atoms with Gasteiger partial charge in [-0.15, -0.1) is 70.1 Å². The van der Waals surface area contributed by atoms with Crippen LogP contribution in [0.1, 0.15) is 11.1 Å². The first-order valence-electron chi connectivity index (χ1n) is 7.71. The van der Waals surface area contributed by atoms with Gasteiger partial charge in [-0.05, 0) is 0 Å². The van der Waals surface area contributed by atoms with Gasteiger partial charge < -0.3 is 0 Å². The second kappa shape index (κ2) is 9.34. The average Bonchev–Trinajstić information content (AvgIpc) is 3.13. The minimum absolute atomic E-state index is 1.35. The predicted octanol–water partition coefficient (Wildman–Crippen LogP) is 7.08. The normalized spacial score (nSPS) is 9.83. The van der Waals surface area contributed by atoms with Crippen molar-refractivity contribution in [2.75, 3.05) is 0 Å². The first-order chi connectivity index (χ1) is 11.5. The average molecular weight is 391 g/mol. The van der Waals surface area contributed by atoms with Crippen LogP contribution in [0.4, 0.5) is 0 Å². The molecule has 0 radical (unpaired) electrons. The Labute approximate surface area is 157 Å². The van der Waals surface area contributed by atoms with Gasteiger partial charge in [-0.2, -0.15) is 23.3 Å². The van der Waals surface area contributed by atoms with Crippen LogP contribution in [0.15, 0.2) is 72.8 Å². The standard InChI is InChI=1S/2C10H9.CH2.2ClH.Ti/c2*1-8-6-7-9-4-2-3-5-10(8)9;;;;/h2*2-7H,1H3;1H2;2*1H;/q2*-1;;;;+2/p-2. The van der Waals surface area contributed by atoms with E-state index in [4.69, 9.17) is 18.6 Å². The van der Waals surface area contributed by atoms with Crippen LogP contribution in [0.3, 0.4) is 0 Å². The van der Waals surface area contributed by atoms with Gasteiger partial charge >= 0.3 is 38.7 Å². The van der Waals surface area contributed by atoms with Gasteiger partial charge in [0, 0.05) is 0 Å². The monoisotopic (exact) mass is 390 g/mol. The Morgan fingerprint density at radius 2 is 1.08 bits per heavy atom. The Kier molecular flexibility index (Phi) is 7.46. The predicted molar refractivity (Wildman–Crippen MR) is 107 cm³/mol. The molecule has 0 N–H and O–H groups in total. The zero-order valence-electron chi connectivity index (χ0n) is 13.9. The van der Waals surface area contributed by atoms with Gasteiger partial charge in [0.15, 0.2) is 0 Å². The molecule has 0 aliphatic carbocycles. The molecule has 0 fully saturated rings. The van der Waals surface area contributed by atoms with E-state index in [1.165, 1.54) is 32.7 Å². The molecule has 0 saturated carbocycles. The van der Waals surface area contributed by atoms with E-state index in [1.54, 1.807) is 0 Å². The van der Waals surface area contributed by atoms with Crippen molar-refractivity contribution < 1.29 is 15.3 Å². The van der Waals surface area contributed by atoms with E-state index in [1.807, 2.05) is 0 Å². The van der Waals surface area contributed by atoms with Crippen LogP contribution < -0.4 is 0 Å². The minimum atomic E-state index is -1.64. The molecule has 4 aromatic carbocycles. The van der Waals surface area contributed by atoms with Crippen LogP contribution in [0.25, 0.3) is 21.5 Å². The molecule has 0 unspecified atom stereocenters. The van der Waals surface area contributed by atoms with Crippen LogP contribution in [0, 0.1) is 13.8 Å². The summed E-state index contributed by atoms with van der Waals surface area (Å²) >= 11 is -1.64. The number of fused-ring (bicyclic) bond motifs is 2. The van der Waals surface area contributed by atoms with Crippen molar-refractivity contribution in [1.82, 2.24) is 0 Å². The van der Waals surface area contributed by atoms with Crippen LogP contribution >= 0.6 is 18.6 Å². The molecule has 0 saturated heterocycles. The van der Waals surface area contributed by atoms with Crippen molar-refractivity contribution in [1.29, 1.82) is 0 Å². The van der Waals surface area contributed by atoms with E-state index < -0.39 is 15.3 Å². The molecule has 0 aromatic heterocycles. The van der Waals surface area contributed by atoms with Crippen LogP contribution in [0.5, 0.6) is 0 Å². The van der Waals surface area contributed by atoms with Crippen molar-refractivity contribution in [2.45, 2.75) is 13.8 Å².